The molecule has 1 saturated carbocycles. The van der Waals surface area contributed by atoms with E-state index in [4.69, 9.17) is 4.74 Å². The van der Waals surface area contributed by atoms with Crippen molar-refractivity contribution in [1.82, 2.24) is 26.2 Å². The Morgan fingerprint density at radius 2 is 1.62 bits per heavy atom. The third-order valence-corrected chi connectivity index (χ3v) is 8.69. The molecular weight excluding hydrogens is 650 g/mol. The van der Waals surface area contributed by atoms with E-state index in [1.165, 1.54) is 17.0 Å². The molecule has 50 heavy (non-hydrogen) atoms. The molecule has 1 aromatic carbocycles. The minimum Gasteiger partial charge on any atom is -0.479 e. The molecule has 1 saturated heterocycles. The van der Waals surface area contributed by atoms with Crippen molar-refractivity contribution in [2.45, 2.75) is 109 Å². The molecule has 1 heterocycles. The maximum Gasteiger partial charge on any atom is 0.407 e. The summed E-state index contributed by atoms with van der Waals surface area (Å²) >= 11 is 0. The quantitative estimate of drug-likeness (QED) is 0.145. The van der Waals surface area contributed by atoms with Crippen LogP contribution in [0, 0.1) is 11.3 Å². The fourth-order valence-electron chi connectivity index (χ4n) is 6.16. The van der Waals surface area contributed by atoms with E-state index < -0.39 is 78.3 Å². The normalized spacial score (nSPS) is 19.7. The standard InChI is InChI=1S/C35H51N5O10/c1-5-12-24(29(43)31(45)36-18-26(42)38-28(33(47)48)22-15-10-7-11-16-22)37-30(44)25-17-23(41)19-40(25)32(46)27(21-13-8-6-9-14-21)39-34(49)50-20-35(2,3)4/h7,10-11,15-16,21,23-25,27-28,41H,5-6,8-9,12-14,17-20H2,1-4H3,(H,36,45)(H,37,44)(H,38,42)(H,39,49)(H,47,48)/t23-,24+,25?,27+,28+/m1/s1. The van der Waals surface area contributed by atoms with Gasteiger partial charge in [0, 0.05) is 13.0 Å². The van der Waals surface area contributed by atoms with E-state index in [1.807, 2.05) is 20.8 Å². The number of carbonyl (C=O) groups is 7. The molecule has 0 radical (unpaired) electrons. The topological polar surface area (TPSA) is 221 Å². The Kier molecular flexibility index (Phi) is 14.7. The van der Waals surface area contributed by atoms with Gasteiger partial charge in [0.25, 0.3) is 5.91 Å². The summed E-state index contributed by atoms with van der Waals surface area (Å²) in [5.41, 5.74) is 0.0123. The number of ether oxygens (including phenoxy) is 1. The van der Waals surface area contributed by atoms with Crippen molar-refractivity contribution < 1.29 is 48.5 Å². The molecule has 1 aromatic rings. The van der Waals surface area contributed by atoms with Crippen molar-refractivity contribution in [1.29, 1.82) is 0 Å². The summed E-state index contributed by atoms with van der Waals surface area (Å²) in [5, 5.41) is 29.8. The molecule has 5 amide bonds. The predicted octanol–water partition coefficient (Wildman–Crippen LogP) is 1.58. The lowest BCUT2D eigenvalue weighted by molar-refractivity contribution is -0.144. The zero-order chi connectivity index (χ0) is 37.0. The number of ketones is 1. The van der Waals surface area contributed by atoms with Crippen LogP contribution in [0.3, 0.4) is 0 Å². The maximum absolute atomic E-state index is 14.0. The molecule has 1 aliphatic carbocycles. The van der Waals surface area contributed by atoms with Gasteiger partial charge in [0.05, 0.1) is 25.3 Å². The molecule has 0 bridgehead atoms. The number of hydrogen-bond donors (Lipinski definition) is 6. The molecule has 15 nitrogen and oxygen atoms in total. The highest BCUT2D eigenvalue weighted by Gasteiger charge is 2.44. The van der Waals surface area contributed by atoms with Gasteiger partial charge in [0.1, 0.15) is 12.1 Å². The summed E-state index contributed by atoms with van der Waals surface area (Å²) in [5.74, 6) is -5.87. The monoisotopic (exact) mass is 701 g/mol. The first-order valence-electron chi connectivity index (χ1n) is 17.2. The number of aliphatic hydroxyl groups excluding tert-OH is 1. The van der Waals surface area contributed by atoms with E-state index >= 15 is 0 Å². The minimum absolute atomic E-state index is 0.0639. The van der Waals surface area contributed by atoms with E-state index in [0.717, 1.165) is 19.3 Å². The third-order valence-electron chi connectivity index (χ3n) is 8.69. The van der Waals surface area contributed by atoms with Gasteiger partial charge in [-0.3, -0.25) is 24.0 Å². The van der Waals surface area contributed by atoms with Crippen LogP contribution in [0.5, 0.6) is 0 Å². The number of aliphatic carboxylic acids is 1. The number of alkyl carbamates (subject to hydrolysis) is 1. The summed E-state index contributed by atoms with van der Waals surface area (Å²) in [4.78, 5) is 91.8. The number of nitrogens with one attached hydrogen (secondary N) is 4. The van der Waals surface area contributed by atoms with Crippen LogP contribution in [0.25, 0.3) is 0 Å². The number of hydrogen-bond acceptors (Lipinski definition) is 9. The molecule has 2 fully saturated rings. The first-order chi connectivity index (χ1) is 23.6. The van der Waals surface area contributed by atoms with E-state index in [-0.39, 0.29) is 37.3 Å². The minimum atomic E-state index is -1.38. The van der Waals surface area contributed by atoms with E-state index in [9.17, 15) is 43.8 Å². The Hall–Kier alpha value is -4.53. The Morgan fingerprint density at radius 1 is 0.960 bits per heavy atom. The average molecular weight is 702 g/mol. The van der Waals surface area contributed by atoms with Gasteiger partial charge in [-0.1, -0.05) is 83.7 Å². The number of rotatable bonds is 15. The Morgan fingerprint density at radius 3 is 2.22 bits per heavy atom. The van der Waals surface area contributed by atoms with Crippen molar-refractivity contribution in [3.63, 3.8) is 0 Å². The van der Waals surface area contributed by atoms with E-state index in [2.05, 4.69) is 21.3 Å². The van der Waals surface area contributed by atoms with Gasteiger partial charge in [0.2, 0.25) is 23.5 Å². The number of aliphatic hydroxyl groups is 1. The van der Waals surface area contributed by atoms with E-state index in [0.29, 0.717) is 24.8 Å². The highest BCUT2D eigenvalue weighted by atomic mass is 16.5. The zero-order valence-corrected chi connectivity index (χ0v) is 29.2. The summed E-state index contributed by atoms with van der Waals surface area (Å²) in [6.07, 6.45) is 2.67. The molecule has 0 spiro atoms. The Bertz CT molecular complexity index is 1380. The number of carbonyl (C=O) groups excluding carboxylic acids is 6. The van der Waals surface area contributed by atoms with Crippen molar-refractivity contribution in [2.24, 2.45) is 11.3 Å². The average Bonchev–Trinajstić information content (AvgIpc) is 3.48. The van der Waals surface area contributed by atoms with E-state index in [1.54, 1.807) is 25.1 Å². The fourth-order valence-corrected chi connectivity index (χ4v) is 6.16. The lowest BCUT2D eigenvalue weighted by atomic mass is 9.83. The van der Waals surface area contributed by atoms with Crippen molar-refractivity contribution in [3.8, 4) is 0 Å². The van der Waals surface area contributed by atoms with Crippen LogP contribution in [0.2, 0.25) is 0 Å². The second kappa shape index (κ2) is 18.5. The number of carboxylic acids is 1. The summed E-state index contributed by atoms with van der Waals surface area (Å²) in [6, 6.07) is 3.10. The van der Waals surface area contributed by atoms with Crippen LogP contribution in [0.15, 0.2) is 30.3 Å². The van der Waals surface area contributed by atoms with Gasteiger partial charge in [-0.15, -0.1) is 0 Å². The Labute approximate surface area is 292 Å². The number of amides is 5. The second-order valence-corrected chi connectivity index (χ2v) is 14.2. The van der Waals surface area contributed by atoms with Gasteiger partial charge in [-0.25, -0.2) is 9.59 Å². The summed E-state index contributed by atoms with van der Waals surface area (Å²) in [7, 11) is 0. The van der Waals surface area contributed by atoms with Gasteiger partial charge < -0.3 is 41.1 Å². The molecule has 6 N–H and O–H groups in total. The third kappa shape index (κ3) is 11.8. The number of Topliss-reactive ketones (excluding diaryl/α,β-unsaturated/α-hetero) is 1. The fraction of sp³-hybridized carbons (Fsp3) is 0.629. The number of likely N-dealkylation sites (tertiary alicyclic amines) is 1. The molecule has 0 aromatic heterocycles. The first-order valence-corrected chi connectivity index (χ1v) is 17.2. The largest absolute Gasteiger partial charge is 0.479 e. The van der Waals surface area contributed by atoms with Gasteiger partial charge in [0.15, 0.2) is 6.04 Å². The lowest BCUT2D eigenvalue weighted by Crippen LogP contribution is -2.58. The zero-order valence-electron chi connectivity index (χ0n) is 29.2. The Balaban J connectivity index is 1.67. The number of nitrogens with zero attached hydrogens (tertiary/aromatic N) is 1. The van der Waals surface area contributed by atoms with Crippen LogP contribution in [0.4, 0.5) is 4.79 Å². The van der Waals surface area contributed by atoms with Gasteiger partial charge >= 0.3 is 12.1 Å². The van der Waals surface area contributed by atoms with Crippen LogP contribution in [-0.2, 0) is 33.5 Å². The number of carboxylic acid groups (broad SMARTS) is 1. The van der Waals surface area contributed by atoms with Crippen molar-refractivity contribution >= 4 is 41.5 Å². The molecule has 15 heteroatoms. The van der Waals surface area contributed by atoms with Crippen molar-refractivity contribution in [2.75, 3.05) is 19.7 Å². The highest BCUT2D eigenvalue weighted by Crippen LogP contribution is 2.30. The van der Waals surface area contributed by atoms with Crippen LogP contribution in [0.1, 0.15) is 90.7 Å². The SMILES string of the molecule is CCC[C@H](NC(=O)C1C[C@@H](O)CN1C(=O)[C@@H](NC(=O)OCC(C)(C)C)C1CCCCC1)C(=O)C(=O)NCC(=O)N[C@H](C(=O)O)c1ccccc1. The highest BCUT2D eigenvalue weighted by molar-refractivity contribution is 6.38. The molecule has 5 atom stereocenters. The maximum atomic E-state index is 14.0. The molecule has 1 unspecified atom stereocenters. The number of benzene rings is 1. The van der Waals surface area contributed by atoms with Crippen LogP contribution < -0.4 is 21.3 Å². The lowest BCUT2D eigenvalue weighted by Gasteiger charge is -2.34. The summed E-state index contributed by atoms with van der Waals surface area (Å²) < 4.78 is 5.37. The molecular formula is C35H51N5O10. The van der Waals surface area contributed by atoms with Gasteiger partial charge in [-0.2, -0.15) is 0 Å². The predicted molar refractivity (Wildman–Crippen MR) is 180 cm³/mol. The van der Waals surface area contributed by atoms with Crippen LogP contribution >= 0.6 is 0 Å². The van der Waals surface area contributed by atoms with Gasteiger partial charge in [-0.05, 0) is 36.2 Å². The first kappa shape index (κ1) is 39.9. The molecule has 3 rings (SSSR count). The smallest absolute Gasteiger partial charge is 0.407 e. The second-order valence-electron chi connectivity index (χ2n) is 14.2. The summed E-state index contributed by atoms with van der Waals surface area (Å²) in [6.45, 7) is 6.71. The molecule has 1 aliphatic heterocycles. The van der Waals surface area contributed by atoms with Crippen LogP contribution in [-0.4, -0.2) is 101 Å². The molecule has 2 aliphatic rings. The molecule has 276 valence electrons. The number of β-amino-alcohol motifs (C(OH)–C–C–N with tert-alkyl or cyclic N) is 1. The van der Waals surface area contributed by atoms with Crippen molar-refractivity contribution in [3.05, 3.63) is 35.9 Å².